The first-order valence-electron chi connectivity index (χ1n) is 6.39. The molecule has 0 aromatic heterocycles. The Labute approximate surface area is 120 Å². The van der Waals surface area contributed by atoms with Crippen molar-refractivity contribution in [3.05, 3.63) is 0 Å². The van der Waals surface area contributed by atoms with Crippen LogP contribution in [0.15, 0.2) is 4.99 Å². The molecule has 2 unspecified atom stereocenters. The third-order valence-electron chi connectivity index (χ3n) is 3.06. The Kier molecular flexibility index (Phi) is 6.95. The number of sulfonamides is 1. The maximum Gasteiger partial charge on any atom is 0.208 e. The van der Waals surface area contributed by atoms with E-state index in [9.17, 15) is 8.42 Å². The van der Waals surface area contributed by atoms with Crippen molar-refractivity contribution in [2.75, 3.05) is 32.6 Å². The van der Waals surface area contributed by atoms with Crippen LogP contribution in [0.4, 0.5) is 0 Å². The predicted octanol–water partition coefficient (Wildman–Crippen LogP) is -0.0153. The van der Waals surface area contributed by atoms with E-state index in [4.69, 9.17) is 0 Å². The highest BCUT2D eigenvalue weighted by atomic mass is 32.2. The van der Waals surface area contributed by atoms with Gasteiger partial charge in [-0.15, -0.1) is 0 Å². The van der Waals surface area contributed by atoms with Crippen LogP contribution in [0.5, 0.6) is 0 Å². The molecule has 0 bridgehead atoms. The molecule has 6 nitrogen and oxygen atoms in total. The van der Waals surface area contributed by atoms with Crippen LogP contribution in [-0.2, 0) is 10.0 Å². The minimum atomic E-state index is -3.11. The molecule has 8 heteroatoms. The SMILES string of the molecule is CN=C(NCCNS(C)(=O)=O)NC1CCC(SC)C1. The molecule has 112 valence electrons. The molecule has 3 N–H and O–H groups in total. The lowest BCUT2D eigenvalue weighted by atomic mass is 10.2. The lowest BCUT2D eigenvalue weighted by Crippen LogP contribution is -2.45. The van der Waals surface area contributed by atoms with Crippen molar-refractivity contribution >= 4 is 27.7 Å². The van der Waals surface area contributed by atoms with Crippen LogP contribution in [0.25, 0.3) is 0 Å². The normalized spacial score (nSPS) is 24.5. The van der Waals surface area contributed by atoms with Gasteiger partial charge in [-0.05, 0) is 25.5 Å². The third-order valence-corrected chi connectivity index (χ3v) is 4.89. The Hall–Kier alpha value is -0.470. The molecular weight excluding hydrogens is 284 g/mol. The first kappa shape index (κ1) is 16.6. The van der Waals surface area contributed by atoms with Crippen molar-refractivity contribution in [1.29, 1.82) is 0 Å². The molecule has 1 saturated carbocycles. The summed E-state index contributed by atoms with van der Waals surface area (Å²) in [5.41, 5.74) is 0. The van der Waals surface area contributed by atoms with E-state index in [1.165, 1.54) is 6.42 Å². The van der Waals surface area contributed by atoms with Gasteiger partial charge in [0.15, 0.2) is 5.96 Å². The van der Waals surface area contributed by atoms with E-state index in [1.54, 1.807) is 7.05 Å². The van der Waals surface area contributed by atoms with Crippen molar-refractivity contribution < 1.29 is 8.42 Å². The number of nitrogens with zero attached hydrogens (tertiary/aromatic N) is 1. The molecule has 2 atom stereocenters. The second-order valence-corrected chi connectivity index (χ2v) is 7.65. The highest BCUT2D eigenvalue weighted by Crippen LogP contribution is 2.27. The zero-order chi connectivity index (χ0) is 14.3. The Morgan fingerprint density at radius 3 is 2.63 bits per heavy atom. The molecule has 0 saturated heterocycles. The Morgan fingerprint density at radius 1 is 1.37 bits per heavy atom. The second-order valence-electron chi connectivity index (χ2n) is 4.68. The smallest absolute Gasteiger partial charge is 0.208 e. The van der Waals surface area contributed by atoms with E-state index in [1.807, 2.05) is 11.8 Å². The van der Waals surface area contributed by atoms with E-state index in [0.717, 1.165) is 30.3 Å². The average molecular weight is 308 g/mol. The predicted molar refractivity (Wildman–Crippen MR) is 82.3 cm³/mol. The summed E-state index contributed by atoms with van der Waals surface area (Å²) < 4.78 is 24.2. The van der Waals surface area contributed by atoms with Gasteiger partial charge in [-0.3, -0.25) is 4.99 Å². The van der Waals surface area contributed by atoms with Gasteiger partial charge < -0.3 is 10.6 Å². The molecule has 19 heavy (non-hydrogen) atoms. The fourth-order valence-electron chi connectivity index (χ4n) is 2.09. The first-order chi connectivity index (χ1) is 8.94. The maximum atomic E-state index is 10.9. The number of aliphatic imine (C=N–C) groups is 1. The fraction of sp³-hybridized carbons (Fsp3) is 0.909. The quantitative estimate of drug-likeness (QED) is 0.365. The van der Waals surface area contributed by atoms with Crippen LogP contribution in [0, 0.1) is 0 Å². The van der Waals surface area contributed by atoms with Crippen molar-refractivity contribution in [2.45, 2.75) is 30.6 Å². The van der Waals surface area contributed by atoms with Crippen molar-refractivity contribution in [2.24, 2.45) is 4.99 Å². The lowest BCUT2D eigenvalue weighted by Gasteiger charge is -2.17. The van der Waals surface area contributed by atoms with Crippen molar-refractivity contribution in [1.82, 2.24) is 15.4 Å². The van der Waals surface area contributed by atoms with Gasteiger partial charge in [0, 0.05) is 31.4 Å². The minimum Gasteiger partial charge on any atom is -0.355 e. The molecule has 1 rings (SSSR count). The van der Waals surface area contributed by atoms with Gasteiger partial charge in [0.1, 0.15) is 0 Å². The van der Waals surface area contributed by atoms with E-state index in [0.29, 0.717) is 19.1 Å². The molecular formula is C11H24N4O2S2. The number of hydrogen-bond acceptors (Lipinski definition) is 4. The van der Waals surface area contributed by atoms with Gasteiger partial charge in [0.2, 0.25) is 10.0 Å². The summed E-state index contributed by atoms with van der Waals surface area (Å²) in [6.07, 6.45) is 6.86. The summed E-state index contributed by atoms with van der Waals surface area (Å²) in [6.45, 7) is 0.878. The Morgan fingerprint density at radius 2 is 2.11 bits per heavy atom. The van der Waals surface area contributed by atoms with Crippen LogP contribution in [0.1, 0.15) is 19.3 Å². The van der Waals surface area contributed by atoms with Gasteiger partial charge in [-0.2, -0.15) is 11.8 Å². The number of thioether (sulfide) groups is 1. The second kappa shape index (κ2) is 7.96. The summed E-state index contributed by atoms with van der Waals surface area (Å²) >= 11 is 1.92. The molecule has 0 heterocycles. The summed E-state index contributed by atoms with van der Waals surface area (Å²) in [5.74, 6) is 0.738. The van der Waals surface area contributed by atoms with Crippen LogP contribution in [0.3, 0.4) is 0 Å². The average Bonchev–Trinajstić information content (AvgIpc) is 2.79. The number of rotatable bonds is 6. The fourth-order valence-corrected chi connectivity index (χ4v) is 3.36. The van der Waals surface area contributed by atoms with Gasteiger partial charge in [-0.1, -0.05) is 0 Å². The Bertz CT molecular complexity index is 397. The summed E-state index contributed by atoms with van der Waals surface area (Å²) in [6, 6.07) is 0.464. The molecule has 1 aliphatic carbocycles. The monoisotopic (exact) mass is 308 g/mol. The van der Waals surface area contributed by atoms with Gasteiger partial charge in [0.05, 0.1) is 6.26 Å². The lowest BCUT2D eigenvalue weighted by molar-refractivity contribution is 0.584. The molecule has 0 radical (unpaired) electrons. The van der Waals surface area contributed by atoms with Crippen LogP contribution < -0.4 is 15.4 Å². The number of guanidine groups is 1. The molecule has 0 spiro atoms. The maximum absolute atomic E-state index is 10.9. The molecule has 1 fully saturated rings. The molecule has 0 aliphatic heterocycles. The van der Waals surface area contributed by atoms with Crippen LogP contribution in [-0.4, -0.2) is 58.3 Å². The van der Waals surface area contributed by atoms with Gasteiger partial charge in [-0.25, -0.2) is 13.1 Å². The minimum absolute atomic E-state index is 0.359. The van der Waals surface area contributed by atoms with E-state index >= 15 is 0 Å². The standard InChI is InChI=1S/C11H24N4O2S2/c1-12-11(13-6-7-14-19(3,16)17)15-9-4-5-10(8-9)18-2/h9-10,14H,4-8H2,1-3H3,(H2,12,13,15). The first-order valence-corrected chi connectivity index (χ1v) is 9.57. The molecule has 0 amide bonds. The summed E-state index contributed by atoms with van der Waals surface area (Å²) in [7, 11) is -1.39. The number of hydrogen-bond donors (Lipinski definition) is 3. The summed E-state index contributed by atoms with van der Waals surface area (Å²) in [5, 5.41) is 7.22. The van der Waals surface area contributed by atoms with E-state index in [2.05, 4.69) is 26.6 Å². The highest BCUT2D eigenvalue weighted by molar-refractivity contribution is 7.99. The number of nitrogens with one attached hydrogen (secondary N) is 3. The van der Waals surface area contributed by atoms with Crippen molar-refractivity contribution in [3.8, 4) is 0 Å². The molecule has 0 aromatic rings. The zero-order valence-electron chi connectivity index (χ0n) is 11.8. The Balaban J connectivity index is 2.24. The zero-order valence-corrected chi connectivity index (χ0v) is 13.4. The third kappa shape index (κ3) is 7.03. The summed E-state index contributed by atoms with van der Waals surface area (Å²) in [4.78, 5) is 4.15. The molecule has 1 aliphatic rings. The topological polar surface area (TPSA) is 82.6 Å². The van der Waals surface area contributed by atoms with E-state index in [-0.39, 0.29) is 0 Å². The van der Waals surface area contributed by atoms with Crippen LogP contribution in [0.2, 0.25) is 0 Å². The highest BCUT2D eigenvalue weighted by Gasteiger charge is 2.24. The molecule has 0 aromatic carbocycles. The van der Waals surface area contributed by atoms with Gasteiger partial charge >= 0.3 is 0 Å². The van der Waals surface area contributed by atoms with Crippen molar-refractivity contribution in [3.63, 3.8) is 0 Å². The van der Waals surface area contributed by atoms with Gasteiger partial charge in [0.25, 0.3) is 0 Å². The van der Waals surface area contributed by atoms with Crippen LogP contribution >= 0.6 is 11.8 Å². The largest absolute Gasteiger partial charge is 0.355 e. The van der Waals surface area contributed by atoms with E-state index < -0.39 is 10.0 Å².